The molecule has 0 saturated carbocycles. The largest absolute Gasteiger partial charge is 0.480 e. The van der Waals surface area contributed by atoms with E-state index in [0.717, 1.165) is 0 Å². The van der Waals surface area contributed by atoms with E-state index in [1.807, 2.05) is 25.7 Å². The molecule has 1 aliphatic heterocycles. The summed E-state index contributed by atoms with van der Waals surface area (Å²) in [4.78, 5) is 13.2. The number of hydrogen-bond acceptors (Lipinski definition) is 3. The monoisotopic (exact) mass is 201 g/mol. The van der Waals surface area contributed by atoms with Crippen molar-refractivity contribution in [1.29, 1.82) is 0 Å². The van der Waals surface area contributed by atoms with Crippen molar-refractivity contribution in [1.82, 2.24) is 4.90 Å². The Morgan fingerprint density at radius 1 is 1.36 bits per heavy atom. The number of morpholine rings is 1. The maximum absolute atomic E-state index is 11.2. The van der Waals surface area contributed by atoms with Crippen LogP contribution in [0.15, 0.2) is 0 Å². The number of carbonyl (C=O) groups is 1. The number of ether oxygens (including phenoxy) is 1. The second-order valence-corrected chi connectivity index (χ2v) is 4.76. The number of hydrogen-bond donors (Lipinski definition) is 1. The number of carboxylic acid groups (broad SMARTS) is 1. The van der Waals surface area contributed by atoms with E-state index in [-0.39, 0.29) is 5.41 Å². The molecular weight excluding hydrogens is 182 g/mol. The van der Waals surface area contributed by atoms with E-state index in [4.69, 9.17) is 4.74 Å². The molecule has 1 saturated heterocycles. The molecule has 0 aromatic heterocycles. The van der Waals surface area contributed by atoms with Crippen LogP contribution in [0, 0.1) is 5.41 Å². The zero-order chi connectivity index (χ0) is 10.8. The minimum atomic E-state index is -0.737. The molecule has 1 unspecified atom stereocenters. The molecular formula is C10H19NO3. The highest BCUT2D eigenvalue weighted by atomic mass is 16.5. The molecule has 1 fully saturated rings. The first-order valence-electron chi connectivity index (χ1n) is 4.97. The van der Waals surface area contributed by atoms with E-state index < -0.39 is 12.0 Å². The first-order valence-corrected chi connectivity index (χ1v) is 4.97. The van der Waals surface area contributed by atoms with E-state index in [0.29, 0.717) is 26.3 Å². The fourth-order valence-electron chi connectivity index (χ4n) is 1.91. The Labute approximate surface area is 84.8 Å². The maximum Gasteiger partial charge on any atom is 0.321 e. The molecule has 1 heterocycles. The molecule has 0 bridgehead atoms. The van der Waals surface area contributed by atoms with Crippen molar-refractivity contribution in [2.24, 2.45) is 5.41 Å². The Morgan fingerprint density at radius 3 is 2.21 bits per heavy atom. The number of aliphatic carboxylic acids is 1. The molecule has 1 N–H and O–H groups in total. The second kappa shape index (κ2) is 4.28. The number of carboxylic acids is 1. The fraction of sp³-hybridized carbons (Fsp3) is 0.900. The van der Waals surface area contributed by atoms with Gasteiger partial charge in [-0.25, -0.2) is 0 Å². The summed E-state index contributed by atoms with van der Waals surface area (Å²) >= 11 is 0. The van der Waals surface area contributed by atoms with E-state index in [1.54, 1.807) is 0 Å². The summed E-state index contributed by atoms with van der Waals surface area (Å²) in [6.07, 6.45) is 0. The molecule has 82 valence electrons. The summed E-state index contributed by atoms with van der Waals surface area (Å²) in [5, 5.41) is 9.18. The molecule has 1 atom stereocenters. The van der Waals surface area contributed by atoms with E-state index >= 15 is 0 Å². The highest BCUT2D eigenvalue weighted by Crippen LogP contribution is 2.25. The third kappa shape index (κ3) is 2.69. The Bertz CT molecular complexity index is 204. The molecule has 4 nitrogen and oxygen atoms in total. The van der Waals surface area contributed by atoms with Gasteiger partial charge in [0, 0.05) is 13.1 Å². The van der Waals surface area contributed by atoms with Gasteiger partial charge in [-0.2, -0.15) is 0 Å². The SMILES string of the molecule is CC(C)(C)C(C(=O)O)N1CCOCC1. The predicted octanol–water partition coefficient (Wildman–Crippen LogP) is 0.818. The lowest BCUT2D eigenvalue weighted by atomic mass is 9.85. The second-order valence-electron chi connectivity index (χ2n) is 4.76. The van der Waals surface area contributed by atoms with E-state index in [2.05, 4.69) is 0 Å². The van der Waals surface area contributed by atoms with Crippen molar-refractivity contribution >= 4 is 5.97 Å². The Morgan fingerprint density at radius 2 is 1.86 bits per heavy atom. The number of rotatable bonds is 2. The van der Waals surface area contributed by atoms with Gasteiger partial charge in [0.15, 0.2) is 0 Å². The van der Waals surface area contributed by atoms with Crippen LogP contribution in [0.5, 0.6) is 0 Å². The first kappa shape index (κ1) is 11.5. The molecule has 0 aliphatic carbocycles. The lowest BCUT2D eigenvalue weighted by Crippen LogP contribution is -2.53. The molecule has 1 aliphatic rings. The highest BCUT2D eigenvalue weighted by molar-refractivity contribution is 5.74. The fourth-order valence-corrected chi connectivity index (χ4v) is 1.91. The third-order valence-electron chi connectivity index (χ3n) is 2.47. The van der Waals surface area contributed by atoms with Gasteiger partial charge in [0.25, 0.3) is 0 Å². The van der Waals surface area contributed by atoms with Gasteiger partial charge in [0.05, 0.1) is 13.2 Å². The van der Waals surface area contributed by atoms with Crippen molar-refractivity contribution in [2.75, 3.05) is 26.3 Å². The van der Waals surface area contributed by atoms with Crippen LogP contribution >= 0.6 is 0 Å². The third-order valence-corrected chi connectivity index (χ3v) is 2.47. The lowest BCUT2D eigenvalue weighted by Gasteiger charge is -2.39. The van der Waals surface area contributed by atoms with Crippen molar-refractivity contribution in [2.45, 2.75) is 26.8 Å². The van der Waals surface area contributed by atoms with Gasteiger partial charge in [-0.1, -0.05) is 20.8 Å². The van der Waals surface area contributed by atoms with Crippen LogP contribution < -0.4 is 0 Å². The van der Waals surface area contributed by atoms with Crippen molar-refractivity contribution in [3.8, 4) is 0 Å². The van der Waals surface area contributed by atoms with Gasteiger partial charge in [-0.3, -0.25) is 9.69 Å². The summed E-state index contributed by atoms with van der Waals surface area (Å²) in [5.41, 5.74) is -0.233. The Kier molecular flexibility index (Phi) is 3.50. The number of nitrogens with zero attached hydrogens (tertiary/aromatic N) is 1. The quantitative estimate of drug-likeness (QED) is 0.718. The molecule has 0 amide bonds. The van der Waals surface area contributed by atoms with Crippen LogP contribution in [0.1, 0.15) is 20.8 Å². The summed E-state index contributed by atoms with van der Waals surface area (Å²) in [6.45, 7) is 8.59. The summed E-state index contributed by atoms with van der Waals surface area (Å²) in [6, 6.07) is -0.411. The standard InChI is InChI=1S/C10H19NO3/c1-10(2,3)8(9(12)13)11-4-6-14-7-5-11/h8H,4-7H2,1-3H3,(H,12,13). The Hall–Kier alpha value is -0.610. The van der Waals surface area contributed by atoms with Crippen LogP contribution in [0.4, 0.5) is 0 Å². The van der Waals surface area contributed by atoms with E-state index in [1.165, 1.54) is 0 Å². The average molecular weight is 201 g/mol. The van der Waals surface area contributed by atoms with Crippen LogP contribution in [0.3, 0.4) is 0 Å². The minimum absolute atomic E-state index is 0.233. The van der Waals surface area contributed by atoms with Crippen LogP contribution in [-0.4, -0.2) is 48.3 Å². The predicted molar refractivity (Wildman–Crippen MR) is 53.3 cm³/mol. The molecule has 0 radical (unpaired) electrons. The summed E-state index contributed by atoms with van der Waals surface area (Å²) < 4.78 is 5.21. The molecule has 0 aromatic carbocycles. The molecule has 0 spiro atoms. The van der Waals surface area contributed by atoms with Gasteiger partial charge in [0.1, 0.15) is 6.04 Å². The zero-order valence-electron chi connectivity index (χ0n) is 9.12. The molecule has 1 rings (SSSR count). The lowest BCUT2D eigenvalue weighted by molar-refractivity contribution is -0.150. The van der Waals surface area contributed by atoms with Gasteiger partial charge in [-0.05, 0) is 5.41 Å². The van der Waals surface area contributed by atoms with Gasteiger partial charge >= 0.3 is 5.97 Å². The molecule has 14 heavy (non-hydrogen) atoms. The van der Waals surface area contributed by atoms with Crippen LogP contribution in [-0.2, 0) is 9.53 Å². The van der Waals surface area contributed by atoms with Crippen molar-refractivity contribution in [3.05, 3.63) is 0 Å². The normalized spacial score (nSPS) is 21.9. The van der Waals surface area contributed by atoms with E-state index in [9.17, 15) is 9.90 Å². The average Bonchev–Trinajstić information content (AvgIpc) is 2.02. The Balaban J connectivity index is 2.71. The topological polar surface area (TPSA) is 49.8 Å². The first-order chi connectivity index (χ1) is 6.43. The minimum Gasteiger partial charge on any atom is -0.480 e. The van der Waals surface area contributed by atoms with Crippen molar-refractivity contribution in [3.63, 3.8) is 0 Å². The van der Waals surface area contributed by atoms with Gasteiger partial charge in [0.2, 0.25) is 0 Å². The molecule has 4 heteroatoms. The zero-order valence-corrected chi connectivity index (χ0v) is 9.12. The summed E-state index contributed by atoms with van der Waals surface area (Å²) in [5.74, 6) is -0.737. The van der Waals surface area contributed by atoms with Crippen molar-refractivity contribution < 1.29 is 14.6 Å². The smallest absolute Gasteiger partial charge is 0.321 e. The van der Waals surface area contributed by atoms with Gasteiger partial charge < -0.3 is 9.84 Å². The van der Waals surface area contributed by atoms with Gasteiger partial charge in [-0.15, -0.1) is 0 Å². The maximum atomic E-state index is 11.2. The molecule has 0 aromatic rings. The summed E-state index contributed by atoms with van der Waals surface area (Å²) in [7, 11) is 0. The van der Waals surface area contributed by atoms with Crippen LogP contribution in [0.2, 0.25) is 0 Å². The van der Waals surface area contributed by atoms with Crippen LogP contribution in [0.25, 0.3) is 0 Å². The highest BCUT2D eigenvalue weighted by Gasteiger charge is 2.36.